The highest BCUT2D eigenvalue weighted by molar-refractivity contribution is 14.1. The van der Waals surface area contributed by atoms with E-state index in [0.717, 1.165) is 29.9 Å². The van der Waals surface area contributed by atoms with Crippen LogP contribution in [0.4, 0.5) is 10.1 Å². The molecule has 0 bridgehead atoms. The van der Waals surface area contributed by atoms with Crippen molar-refractivity contribution in [1.82, 2.24) is 4.57 Å². The number of rotatable bonds is 9. The zero-order valence-electron chi connectivity index (χ0n) is 20.8. The van der Waals surface area contributed by atoms with Gasteiger partial charge in [0.2, 0.25) is 5.43 Å². The minimum atomic E-state index is -1.35. The lowest BCUT2D eigenvalue weighted by atomic mass is 9.94. The van der Waals surface area contributed by atoms with Crippen molar-refractivity contribution < 1.29 is 28.9 Å². The number of fused-ring (bicyclic) bond motifs is 1. The Hall–Kier alpha value is -2.54. The molecule has 3 aromatic rings. The third-order valence-electron chi connectivity index (χ3n) is 6.77. The standard InChI is InChI=1S/C27H30FIN2O6/c1-3-16-11-24-21(26(33)22(27(34)35)13-31(24)20(14-32)15-36-2)10-17(16)8-18-9-19(12-23(29)25(18)28)30-4-6-37-7-5-30/h9-13,20,32H,3-8,14-15H2,1-2H3,(H,34,35)/t20-/m1/s1. The van der Waals surface area contributed by atoms with Gasteiger partial charge in [-0.3, -0.25) is 4.79 Å². The highest BCUT2D eigenvalue weighted by Crippen LogP contribution is 2.29. The molecule has 37 heavy (non-hydrogen) atoms. The van der Waals surface area contributed by atoms with E-state index in [4.69, 9.17) is 9.47 Å². The molecule has 0 aliphatic carbocycles. The Kier molecular flexibility index (Phi) is 8.83. The molecule has 1 saturated heterocycles. The molecule has 198 valence electrons. The summed E-state index contributed by atoms with van der Waals surface area (Å²) in [7, 11) is 1.49. The molecular formula is C27H30FIN2O6. The molecule has 8 nitrogen and oxygen atoms in total. The number of anilines is 1. The van der Waals surface area contributed by atoms with Crippen LogP contribution >= 0.6 is 22.6 Å². The molecule has 0 unspecified atom stereocenters. The molecule has 2 aromatic carbocycles. The van der Waals surface area contributed by atoms with Crippen molar-refractivity contribution in [2.75, 3.05) is 51.5 Å². The van der Waals surface area contributed by atoms with E-state index < -0.39 is 23.0 Å². The molecule has 1 aliphatic heterocycles. The van der Waals surface area contributed by atoms with Crippen LogP contribution in [0.2, 0.25) is 0 Å². The fraction of sp³-hybridized carbons (Fsp3) is 0.407. The third kappa shape index (κ3) is 5.66. The predicted octanol–water partition coefficient (Wildman–Crippen LogP) is 3.61. The molecule has 1 fully saturated rings. The number of aliphatic hydroxyl groups is 1. The lowest BCUT2D eigenvalue weighted by molar-refractivity contribution is 0.0692. The second-order valence-corrected chi connectivity index (χ2v) is 10.2. The summed E-state index contributed by atoms with van der Waals surface area (Å²) in [6, 6.07) is 6.61. The Morgan fingerprint density at radius 2 is 1.92 bits per heavy atom. The first-order valence-electron chi connectivity index (χ1n) is 12.1. The number of pyridine rings is 1. The smallest absolute Gasteiger partial charge is 0.341 e. The highest BCUT2D eigenvalue weighted by Gasteiger charge is 2.22. The summed E-state index contributed by atoms with van der Waals surface area (Å²) in [5, 5.41) is 19.9. The lowest BCUT2D eigenvalue weighted by Crippen LogP contribution is -2.36. The normalized spacial score (nSPS) is 14.8. The van der Waals surface area contributed by atoms with Crippen molar-refractivity contribution in [3.63, 3.8) is 0 Å². The van der Waals surface area contributed by atoms with E-state index in [1.807, 2.05) is 47.7 Å². The van der Waals surface area contributed by atoms with Crippen LogP contribution in [0.25, 0.3) is 10.9 Å². The molecule has 2 N–H and O–H groups in total. The number of morpholine rings is 1. The quantitative estimate of drug-likeness (QED) is 0.351. The molecule has 0 radical (unpaired) electrons. The average molecular weight is 624 g/mol. The van der Waals surface area contributed by atoms with E-state index in [0.29, 0.717) is 34.3 Å². The lowest BCUT2D eigenvalue weighted by Gasteiger charge is -2.29. The van der Waals surface area contributed by atoms with Crippen molar-refractivity contribution >= 4 is 45.2 Å². The Bertz CT molecular complexity index is 1370. The third-order valence-corrected chi connectivity index (χ3v) is 7.56. The van der Waals surface area contributed by atoms with Gasteiger partial charge in [-0.25, -0.2) is 9.18 Å². The highest BCUT2D eigenvalue weighted by atomic mass is 127. The number of hydrogen-bond donors (Lipinski definition) is 2. The minimum absolute atomic E-state index is 0.134. The number of ether oxygens (including phenoxy) is 2. The van der Waals surface area contributed by atoms with Crippen molar-refractivity contribution in [2.45, 2.75) is 25.8 Å². The summed E-state index contributed by atoms with van der Waals surface area (Å²) in [4.78, 5) is 27.2. The van der Waals surface area contributed by atoms with E-state index in [2.05, 4.69) is 4.90 Å². The van der Waals surface area contributed by atoms with Crippen LogP contribution in [-0.4, -0.2) is 67.4 Å². The van der Waals surface area contributed by atoms with Gasteiger partial charge in [0.05, 0.1) is 41.6 Å². The van der Waals surface area contributed by atoms with Crippen molar-refractivity contribution in [1.29, 1.82) is 0 Å². The monoisotopic (exact) mass is 624 g/mol. The number of benzene rings is 2. The van der Waals surface area contributed by atoms with Crippen LogP contribution in [0.15, 0.2) is 35.3 Å². The topological polar surface area (TPSA) is 101 Å². The van der Waals surface area contributed by atoms with E-state index in [9.17, 15) is 19.8 Å². The number of aromatic carboxylic acids is 1. The zero-order valence-corrected chi connectivity index (χ0v) is 23.0. The summed E-state index contributed by atoms with van der Waals surface area (Å²) in [6.07, 6.45) is 2.13. The largest absolute Gasteiger partial charge is 0.477 e. The van der Waals surface area contributed by atoms with Crippen molar-refractivity contribution in [3.8, 4) is 0 Å². The van der Waals surface area contributed by atoms with Crippen LogP contribution in [0.5, 0.6) is 0 Å². The number of carboxylic acids is 1. The van der Waals surface area contributed by atoms with Crippen LogP contribution in [0, 0.1) is 9.39 Å². The number of nitrogens with zero attached hydrogens (tertiary/aromatic N) is 2. The molecule has 10 heteroatoms. The molecule has 0 amide bonds. The van der Waals surface area contributed by atoms with Crippen molar-refractivity contribution in [2.24, 2.45) is 0 Å². The molecular weight excluding hydrogens is 594 g/mol. The van der Waals surface area contributed by atoms with Crippen LogP contribution in [-0.2, 0) is 22.3 Å². The first-order chi connectivity index (χ1) is 17.8. The Balaban J connectivity index is 1.87. The average Bonchev–Trinajstić information content (AvgIpc) is 2.90. The van der Waals surface area contributed by atoms with Crippen molar-refractivity contribution in [3.05, 3.63) is 72.3 Å². The maximum absolute atomic E-state index is 15.3. The maximum atomic E-state index is 15.3. The summed E-state index contributed by atoms with van der Waals surface area (Å²) in [5.41, 5.74) is 2.57. The van der Waals surface area contributed by atoms with Gasteiger partial charge in [-0.1, -0.05) is 6.92 Å². The van der Waals surface area contributed by atoms with Crippen LogP contribution < -0.4 is 10.3 Å². The van der Waals surface area contributed by atoms with E-state index in [1.54, 1.807) is 10.6 Å². The number of halogens is 2. The second kappa shape index (κ2) is 11.9. The molecule has 4 rings (SSSR count). The Morgan fingerprint density at radius 1 is 1.19 bits per heavy atom. The maximum Gasteiger partial charge on any atom is 0.341 e. The Morgan fingerprint density at radius 3 is 2.54 bits per heavy atom. The summed E-state index contributed by atoms with van der Waals surface area (Å²) in [5.74, 6) is -1.66. The molecule has 0 spiro atoms. The number of aryl methyl sites for hydroxylation is 1. The van der Waals surface area contributed by atoms with Crippen LogP contribution in [0.1, 0.15) is 40.0 Å². The van der Waals surface area contributed by atoms with Crippen LogP contribution in [0.3, 0.4) is 0 Å². The molecule has 2 heterocycles. The Labute approximate surface area is 227 Å². The number of hydrogen-bond acceptors (Lipinski definition) is 6. The molecule has 0 saturated carbocycles. The number of methoxy groups -OCH3 is 1. The number of carbonyl (C=O) groups is 1. The fourth-order valence-electron chi connectivity index (χ4n) is 4.81. The number of aliphatic hydroxyl groups excluding tert-OH is 1. The van der Waals surface area contributed by atoms with Gasteiger partial charge in [-0.2, -0.15) is 0 Å². The van der Waals surface area contributed by atoms with Gasteiger partial charge in [0, 0.05) is 43.9 Å². The van der Waals surface area contributed by atoms with Gasteiger partial charge in [-0.05, 0) is 70.0 Å². The van der Waals surface area contributed by atoms with E-state index in [1.165, 1.54) is 13.3 Å². The first kappa shape index (κ1) is 27.5. The molecule has 1 aliphatic rings. The summed E-state index contributed by atoms with van der Waals surface area (Å²) in [6.45, 7) is 4.49. The summed E-state index contributed by atoms with van der Waals surface area (Å²) >= 11 is 2.00. The number of aromatic nitrogens is 1. The van der Waals surface area contributed by atoms with Gasteiger partial charge in [0.15, 0.2) is 0 Å². The zero-order chi connectivity index (χ0) is 26.7. The summed E-state index contributed by atoms with van der Waals surface area (Å²) < 4.78 is 28.1. The van der Waals surface area contributed by atoms with Gasteiger partial charge in [0.25, 0.3) is 0 Å². The molecule has 1 aromatic heterocycles. The second-order valence-electron chi connectivity index (χ2n) is 9.04. The van der Waals surface area contributed by atoms with Gasteiger partial charge < -0.3 is 29.2 Å². The fourth-order valence-corrected chi connectivity index (χ4v) is 5.48. The minimum Gasteiger partial charge on any atom is -0.477 e. The predicted molar refractivity (Wildman–Crippen MR) is 147 cm³/mol. The van der Waals surface area contributed by atoms with Gasteiger partial charge >= 0.3 is 5.97 Å². The molecule has 1 atom stereocenters. The first-order valence-corrected chi connectivity index (χ1v) is 13.2. The van der Waals surface area contributed by atoms with E-state index >= 15 is 4.39 Å². The van der Waals surface area contributed by atoms with Gasteiger partial charge in [0.1, 0.15) is 11.4 Å². The number of carboxylic acid groups (broad SMARTS) is 1. The SMILES string of the molecule is CCc1cc2c(cc1Cc1cc(N3CCOCC3)cc(I)c1F)c(=O)c(C(=O)O)cn2[C@H](CO)COC. The van der Waals surface area contributed by atoms with E-state index in [-0.39, 0.29) is 30.8 Å². The van der Waals surface area contributed by atoms with Gasteiger partial charge in [-0.15, -0.1) is 0 Å².